The third-order valence-corrected chi connectivity index (χ3v) is 2.05. The molecular weight excluding hydrogens is 164 g/mol. The normalized spacial score (nSPS) is 10.3. The Morgan fingerprint density at radius 3 is 2.85 bits per heavy atom. The average molecular weight is 180 g/mol. The van der Waals surface area contributed by atoms with Crippen molar-refractivity contribution in [1.82, 2.24) is 4.57 Å². The summed E-state index contributed by atoms with van der Waals surface area (Å²) in [6, 6.07) is 3.51. The number of hydrogen-bond donors (Lipinski definition) is 1. The average Bonchev–Trinajstić information content (AvgIpc) is 2.16. The second kappa shape index (κ2) is 4.82. The highest BCUT2D eigenvalue weighted by Gasteiger charge is 1.95. The highest BCUT2D eigenvalue weighted by atomic mass is 16.1. The van der Waals surface area contributed by atoms with Gasteiger partial charge in [-0.3, -0.25) is 4.79 Å². The maximum atomic E-state index is 11.4. The van der Waals surface area contributed by atoms with Gasteiger partial charge < -0.3 is 10.3 Å². The van der Waals surface area contributed by atoms with Gasteiger partial charge in [0.1, 0.15) is 0 Å². The zero-order chi connectivity index (χ0) is 9.68. The Morgan fingerprint density at radius 1 is 1.54 bits per heavy atom. The number of aromatic nitrogens is 1. The molecule has 0 aromatic carbocycles. The lowest BCUT2D eigenvalue weighted by molar-refractivity contribution is 0.611. The molecule has 0 atom stereocenters. The van der Waals surface area contributed by atoms with Gasteiger partial charge in [0.05, 0.1) is 0 Å². The van der Waals surface area contributed by atoms with E-state index < -0.39 is 0 Å². The summed E-state index contributed by atoms with van der Waals surface area (Å²) in [4.78, 5) is 11.4. The van der Waals surface area contributed by atoms with Crippen LogP contribution in [0.25, 0.3) is 0 Å². The molecule has 0 unspecified atom stereocenters. The van der Waals surface area contributed by atoms with E-state index in [1.54, 1.807) is 10.6 Å². The fourth-order valence-corrected chi connectivity index (χ4v) is 1.19. The fourth-order valence-electron chi connectivity index (χ4n) is 1.19. The first-order valence-electron chi connectivity index (χ1n) is 4.67. The Kier molecular flexibility index (Phi) is 3.71. The van der Waals surface area contributed by atoms with Gasteiger partial charge in [0.2, 0.25) is 0 Å². The lowest BCUT2D eigenvalue weighted by Gasteiger charge is -2.04. The molecule has 0 aliphatic carbocycles. The van der Waals surface area contributed by atoms with E-state index in [0.717, 1.165) is 24.9 Å². The van der Waals surface area contributed by atoms with Crippen molar-refractivity contribution < 1.29 is 0 Å². The number of rotatable bonds is 4. The van der Waals surface area contributed by atoms with Gasteiger partial charge in [0.15, 0.2) is 0 Å². The van der Waals surface area contributed by atoms with E-state index in [1.165, 1.54) is 0 Å². The maximum Gasteiger partial charge on any atom is 0.250 e. The van der Waals surface area contributed by atoms with Crippen LogP contribution in [0, 0.1) is 0 Å². The van der Waals surface area contributed by atoms with Crippen molar-refractivity contribution >= 4 is 0 Å². The van der Waals surface area contributed by atoms with Crippen LogP contribution in [-0.4, -0.2) is 4.57 Å². The summed E-state index contributed by atoms with van der Waals surface area (Å²) in [7, 11) is 0. The molecule has 0 fully saturated rings. The second-order valence-electron chi connectivity index (χ2n) is 3.12. The number of hydrogen-bond acceptors (Lipinski definition) is 2. The van der Waals surface area contributed by atoms with Gasteiger partial charge in [-0.05, 0) is 18.1 Å². The van der Waals surface area contributed by atoms with Crippen molar-refractivity contribution in [2.24, 2.45) is 5.73 Å². The third-order valence-electron chi connectivity index (χ3n) is 2.05. The summed E-state index contributed by atoms with van der Waals surface area (Å²) in [5, 5.41) is 0. The van der Waals surface area contributed by atoms with E-state index in [1.807, 2.05) is 12.3 Å². The predicted molar refractivity (Wildman–Crippen MR) is 53.5 cm³/mol. The van der Waals surface area contributed by atoms with Crippen LogP contribution >= 0.6 is 0 Å². The van der Waals surface area contributed by atoms with E-state index in [0.29, 0.717) is 6.54 Å². The first-order chi connectivity index (χ1) is 6.27. The zero-order valence-electron chi connectivity index (χ0n) is 7.99. The SMILES string of the molecule is CCCCn1ccc(CN)cc1=O. The standard InChI is InChI=1S/C10H16N2O/c1-2-3-5-12-6-4-9(8-11)7-10(12)13/h4,6-7H,2-3,5,8,11H2,1H3. The molecule has 0 amide bonds. The quantitative estimate of drug-likeness (QED) is 0.754. The lowest BCUT2D eigenvalue weighted by Crippen LogP contribution is -2.19. The van der Waals surface area contributed by atoms with Gasteiger partial charge in [0, 0.05) is 25.4 Å². The summed E-state index contributed by atoms with van der Waals surface area (Å²) >= 11 is 0. The molecule has 72 valence electrons. The van der Waals surface area contributed by atoms with E-state index in [9.17, 15) is 4.79 Å². The maximum absolute atomic E-state index is 11.4. The highest BCUT2D eigenvalue weighted by molar-refractivity contribution is 5.10. The molecule has 3 heteroatoms. The van der Waals surface area contributed by atoms with Crippen LogP contribution in [0.3, 0.4) is 0 Å². The number of pyridine rings is 1. The minimum Gasteiger partial charge on any atom is -0.326 e. The van der Waals surface area contributed by atoms with E-state index >= 15 is 0 Å². The van der Waals surface area contributed by atoms with Crippen LogP contribution in [0.15, 0.2) is 23.1 Å². The second-order valence-corrected chi connectivity index (χ2v) is 3.12. The van der Waals surface area contributed by atoms with Crippen molar-refractivity contribution in [3.05, 3.63) is 34.2 Å². The molecule has 0 bridgehead atoms. The summed E-state index contributed by atoms with van der Waals surface area (Å²) in [5.41, 5.74) is 6.37. The monoisotopic (exact) mass is 180 g/mol. The van der Waals surface area contributed by atoms with Crippen LogP contribution in [0.1, 0.15) is 25.3 Å². The Morgan fingerprint density at radius 2 is 2.31 bits per heavy atom. The van der Waals surface area contributed by atoms with Crippen molar-refractivity contribution in [3.8, 4) is 0 Å². The minimum atomic E-state index is 0.0522. The molecule has 0 aliphatic heterocycles. The van der Waals surface area contributed by atoms with Gasteiger partial charge in [-0.1, -0.05) is 13.3 Å². The lowest BCUT2D eigenvalue weighted by atomic mass is 10.2. The van der Waals surface area contributed by atoms with Gasteiger partial charge in [0.25, 0.3) is 5.56 Å². The van der Waals surface area contributed by atoms with Crippen molar-refractivity contribution in [3.63, 3.8) is 0 Å². The van der Waals surface area contributed by atoms with Gasteiger partial charge in [-0.25, -0.2) is 0 Å². The number of aryl methyl sites for hydroxylation is 1. The third kappa shape index (κ3) is 2.70. The Labute approximate surface area is 78.2 Å². The Balaban J connectivity index is 2.80. The first kappa shape index (κ1) is 9.99. The molecule has 1 rings (SSSR count). The molecule has 3 nitrogen and oxygen atoms in total. The van der Waals surface area contributed by atoms with Crippen molar-refractivity contribution in [2.45, 2.75) is 32.9 Å². The first-order valence-corrected chi connectivity index (χ1v) is 4.67. The van der Waals surface area contributed by atoms with Crippen LogP contribution < -0.4 is 11.3 Å². The van der Waals surface area contributed by atoms with Crippen LogP contribution in [0.5, 0.6) is 0 Å². The molecule has 2 N–H and O–H groups in total. The van der Waals surface area contributed by atoms with Crippen molar-refractivity contribution in [2.75, 3.05) is 0 Å². The molecule has 0 spiro atoms. The predicted octanol–water partition coefficient (Wildman–Crippen LogP) is 1.11. The number of nitrogens with zero attached hydrogens (tertiary/aromatic N) is 1. The topological polar surface area (TPSA) is 48.0 Å². The molecule has 0 aliphatic rings. The summed E-state index contributed by atoms with van der Waals surface area (Å²) in [6.07, 6.45) is 3.97. The summed E-state index contributed by atoms with van der Waals surface area (Å²) in [6.45, 7) is 3.35. The van der Waals surface area contributed by atoms with Crippen LogP contribution in [0.2, 0.25) is 0 Å². The Hall–Kier alpha value is -1.09. The van der Waals surface area contributed by atoms with Gasteiger partial charge >= 0.3 is 0 Å². The number of unbranched alkanes of at least 4 members (excludes halogenated alkanes) is 1. The highest BCUT2D eigenvalue weighted by Crippen LogP contribution is 1.95. The molecule has 1 heterocycles. The zero-order valence-corrected chi connectivity index (χ0v) is 7.99. The number of nitrogens with two attached hydrogens (primary N) is 1. The molecule has 0 saturated heterocycles. The molecular formula is C10H16N2O. The molecule has 13 heavy (non-hydrogen) atoms. The largest absolute Gasteiger partial charge is 0.326 e. The molecule has 1 aromatic rings. The van der Waals surface area contributed by atoms with Crippen molar-refractivity contribution in [1.29, 1.82) is 0 Å². The van der Waals surface area contributed by atoms with Gasteiger partial charge in [-0.15, -0.1) is 0 Å². The van der Waals surface area contributed by atoms with Crippen LogP contribution in [-0.2, 0) is 13.1 Å². The van der Waals surface area contributed by atoms with E-state index in [2.05, 4.69) is 6.92 Å². The van der Waals surface area contributed by atoms with Gasteiger partial charge in [-0.2, -0.15) is 0 Å². The smallest absolute Gasteiger partial charge is 0.250 e. The summed E-state index contributed by atoms with van der Waals surface area (Å²) in [5.74, 6) is 0. The molecule has 0 saturated carbocycles. The summed E-state index contributed by atoms with van der Waals surface area (Å²) < 4.78 is 1.72. The van der Waals surface area contributed by atoms with Crippen LogP contribution in [0.4, 0.5) is 0 Å². The Bertz CT molecular complexity index is 317. The minimum absolute atomic E-state index is 0.0522. The van der Waals surface area contributed by atoms with E-state index in [-0.39, 0.29) is 5.56 Å². The molecule has 1 aromatic heterocycles. The molecule has 0 radical (unpaired) electrons. The van der Waals surface area contributed by atoms with E-state index in [4.69, 9.17) is 5.73 Å². The fraction of sp³-hybridized carbons (Fsp3) is 0.500.